The van der Waals surface area contributed by atoms with Crippen LogP contribution in [0, 0.1) is 0 Å². The van der Waals surface area contributed by atoms with Crippen molar-refractivity contribution in [1.82, 2.24) is 4.57 Å². The Hall–Kier alpha value is -0.610. The standard InChI is InChI=1S/C10H10BrNOS/c1-6(2)12-8-4-3-7(11)5-9(8)14-10(12)13/h3-6H,1-2H3. The minimum absolute atomic E-state index is 0.119. The first kappa shape index (κ1) is 9.93. The molecule has 0 unspecified atom stereocenters. The summed E-state index contributed by atoms with van der Waals surface area (Å²) in [5.41, 5.74) is 1.03. The Morgan fingerprint density at radius 1 is 1.43 bits per heavy atom. The highest BCUT2D eigenvalue weighted by molar-refractivity contribution is 9.10. The van der Waals surface area contributed by atoms with Crippen LogP contribution in [0.2, 0.25) is 0 Å². The molecule has 1 heterocycles. The molecular weight excluding hydrogens is 262 g/mol. The van der Waals surface area contributed by atoms with Gasteiger partial charge in [-0.05, 0) is 32.0 Å². The van der Waals surface area contributed by atoms with Crippen LogP contribution in [0.25, 0.3) is 10.2 Å². The smallest absolute Gasteiger partial charge is 0.296 e. The Morgan fingerprint density at radius 3 is 2.79 bits per heavy atom. The first-order valence-electron chi connectivity index (χ1n) is 4.40. The molecule has 0 fully saturated rings. The zero-order valence-electron chi connectivity index (χ0n) is 7.95. The van der Waals surface area contributed by atoms with Crippen molar-refractivity contribution in [3.63, 3.8) is 0 Å². The molecule has 1 aromatic carbocycles. The van der Waals surface area contributed by atoms with Crippen molar-refractivity contribution in [1.29, 1.82) is 0 Å². The van der Waals surface area contributed by atoms with Crippen molar-refractivity contribution in [3.8, 4) is 0 Å². The van der Waals surface area contributed by atoms with E-state index in [-0.39, 0.29) is 10.9 Å². The van der Waals surface area contributed by atoms with Gasteiger partial charge in [0.15, 0.2) is 0 Å². The van der Waals surface area contributed by atoms with Crippen molar-refractivity contribution < 1.29 is 0 Å². The third-order valence-electron chi connectivity index (χ3n) is 2.09. The summed E-state index contributed by atoms with van der Waals surface area (Å²) in [4.78, 5) is 11.8. The van der Waals surface area contributed by atoms with Crippen LogP contribution < -0.4 is 4.87 Å². The first-order chi connectivity index (χ1) is 6.59. The maximum absolute atomic E-state index is 11.7. The molecule has 14 heavy (non-hydrogen) atoms. The van der Waals surface area contributed by atoms with Crippen molar-refractivity contribution in [2.45, 2.75) is 19.9 Å². The second-order valence-electron chi connectivity index (χ2n) is 3.44. The summed E-state index contributed by atoms with van der Waals surface area (Å²) in [6, 6.07) is 6.16. The Balaban J connectivity index is 2.84. The number of hydrogen-bond donors (Lipinski definition) is 0. The molecule has 2 nitrogen and oxygen atoms in total. The number of nitrogens with zero attached hydrogens (tertiary/aromatic N) is 1. The van der Waals surface area contributed by atoms with Crippen LogP contribution in [0.15, 0.2) is 27.5 Å². The molecule has 0 saturated heterocycles. The summed E-state index contributed by atoms with van der Waals surface area (Å²) in [5, 5.41) is 0. The van der Waals surface area contributed by atoms with Gasteiger partial charge in [0.2, 0.25) is 0 Å². The van der Waals surface area contributed by atoms with E-state index in [1.54, 1.807) is 0 Å². The van der Waals surface area contributed by atoms with Crippen LogP contribution in [-0.4, -0.2) is 4.57 Å². The van der Waals surface area contributed by atoms with Crippen LogP contribution in [0.3, 0.4) is 0 Å². The topological polar surface area (TPSA) is 22.0 Å². The second kappa shape index (κ2) is 3.51. The molecule has 2 aromatic rings. The van der Waals surface area contributed by atoms with E-state index in [2.05, 4.69) is 15.9 Å². The van der Waals surface area contributed by atoms with Crippen molar-refractivity contribution >= 4 is 37.5 Å². The van der Waals surface area contributed by atoms with E-state index in [9.17, 15) is 4.79 Å². The number of fused-ring (bicyclic) bond motifs is 1. The monoisotopic (exact) mass is 271 g/mol. The molecule has 0 N–H and O–H groups in total. The summed E-state index contributed by atoms with van der Waals surface area (Å²) in [7, 11) is 0. The second-order valence-corrected chi connectivity index (χ2v) is 5.35. The van der Waals surface area contributed by atoms with E-state index < -0.39 is 0 Å². The molecule has 74 valence electrons. The highest BCUT2D eigenvalue weighted by atomic mass is 79.9. The molecule has 0 amide bonds. The minimum Gasteiger partial charge on any atom is -0.296 e. The molecular formula is C10H10BrNOS. The van der Waals surface area contributed by atoms with E-state index >= 15 is 0 Å². The zero-order chi connectivity index (χ0) is 10.3. The quantitative estimate of drug-likeness (QED) is 0.779. The van der Waals surface area contributed by atoms with Gasteiger partial charge in [0.05, 0.1) is 10.2 Å². The number of rotatable bonds is 1. The van der Waals surface area contributed by atoms with Gasteiger partial charge in [-0.1, -0.05) is 27.3 Å². The summed E-state index contributed by atoms with van der Waals surface area (Å²) in [6.07, 6.45) is 0. The molecule has 0 radical (unpaired) electrons. The fourth-order valence-electron chi connectivity index (χ4n) is 1.50. The average Bonchev–Trinajstić information content (AvgIpc) is 2.39. The highest BCUT2D eigenvalue weighted by Gasteiger charge is 2.09. The molecule has 0 atom stereocenters. The number of benzene rings is 1. The van der Waals surface area contributed by atoms with Crippen LogP contribution in [0.1, 0.15) is 19.9 Å². The lowest BCUT2D eigenvalue weighted by Crippen LogP contribution is -2.14. The summed E-state index contributed by atoms with van der Waals surface area (Å²) in [5.74, 6) is 0. The van der Waals surface area contributed by atoms with E-state index in [0.717, 1.165) is 14.7 Å². The lowest BCUT2D eigenvalue weighted by atomic mass is 10.3. The maximum atomic E-state index is 11.7. The third-order valence-corrected chi connectivity index (χ3v) is 3.50. The van der Waals surface area contributed by atoms with E-state index in [1.165, 1.54) is 11.3 Å². The first-order valence-corrected chi connectivity index (χ1v) is 6.01. The number of hydrogen-bond acceptors (Lipinski definition) is 2. The average molecular weight is 272 g/mol. The Labute approximate surface area is 94.3 Å². The van der Waals surface area contributed by atoms with E-state index in [0.29, 0.717) is 0 Å². The number of aromatic nitrogens is 1. The highest BCUT2D eigenvalue weighted by Crippen LogP contribution is 2.23. The van der Waals surface area contributed by atoms with Gasteiger partial charge in [0.25, 0.3) is 0 Å². The number of thiazole rings is 1. The molecule has 4 heteroatoms. The minimum atomic E-state index is 0.119. The van der Waals surface area contributed by atoms with E-state index in [1.807, 2.05) is 36.6 Å². The van der Waals surface area contributed by atoms with Gasteiger partial charge >= 0.3 is 4.87 Å². The van der Waals surface area contributed by atoms with Crippen LogP contribution >= 0.6 is 27.3 Å². The van der Waals surface area contributed by atoms with Gasteiger partial charge in [0.1, 0.15) is 0 Å². The van der Waals surface area contributed by atoms with E-state index in [4.69, 9.17) is 0 Å². The van der Waals surface area contributed by atoms with Gasteiger partial charge < -0.3 is 0 Å². The predicted octanol–water partition coefficient (Wildman–Crippen LogP) is 3.41. The van der Waals surface area contributed by atoms with Crippen molar-refractivity contribution in [2.24, 2.45) is 0 Å². The van der Waals surface area contributed by atoms with Crippen molar-refractivity contribution in [2.75, 3.05) is 0 Å². The molecule has 0 aliphatic rings. The van der Waals surface area contributed by atoms with Gasteiger partial charge in [0, 0.05) is 10.5 Å². The fraction of sp³-hybridized carbons (Fsp3) is 0.300. The molecule has 0 spiro atoms. The zero-order valence-corrected chi connectivity index (χ0v) is 10.4. The fourth-order valence-corrected chi connectivity index (χ4v) is 3.06. The molecule has 1 aromatic heterocycles. The Morgan fingerprint density at radius 2 is 2.14 bits per heavy atom. The summed E-state index contributed by atoms with van der Waals surface area (Å²) < 4.78 is 3.88. The van der Waals surface area contributed by atoms with Gasteiger partial charge in [-0.3, -0.25) is 9.36 Å². The SMILES string of the molecule is CC(C)n1c(=O)sc2cc(Br)ccc21. The summed E-state index contributed by atoms with van der Waals surface area (Å²) >= 11 is 4.70. The van der Waals surface area contributed by atoms with Crippen LogP contribution in [0.5, 0.6) is 0 Å². The number of halogens is 1. The third kappa shape index (κ3) is 1.53. The largest absolute Gasteiger partial charge is 0.308 e. The molecule has 0 bridgehead atoms. The molecule has 0 saturated carbocycles. The predicted molar refractivity (Wildman–Crippen MR) is 64.2 cm³/mol. The van der Waals surface area contributed by atoms with Gasteiger partial charge in [-0.2, -0.15) is 0 Å². The lowest BCUT2D eigenvalue weighted by Gasteiger charge is -2.06. The lowest BCUT2D eigenvalue weighted by molar-refractivity contribution is 0.611. The normalized spacial score (nSPS) is 11.4. The van der Waals surface area contributed by atoms with Gasteiger partial charge in [-0.25, -0.2) is 0 Å². The molecule has 2 rings (SSSR count). The Kier molecular flexibility index (Phi) is 2.49. The van der Waals surface area contributed by atoms with Crippen LogP contribution in [0.4, 0.5) is 0 Å². The van der Waals surface area contributed by atoms with Crippen LogP contribution in [-0.2, 0) is 0 Å². The maximum Gasteiger partial charge on any atom is 0.308 e. The summed E-state index contributed by atoms with van der Waals surface area (Å²) in [6.45, 7) is 4.05. The Bertz CT molecular complexity index is 526. The van der Waals surface area contributed by atoms with Gasteiger partial charge in [-0.15, -0.1) is 0 Å². The van der Waals surface area contributed by atoms with Crippen molar-refractivity contribution in [3.05, 3.63) is 32.3 Å². The molecule has 0 aliphatic carbocycles. The molecule has 0 aliphatic heterocycles.